The molecule has 0 radical (unpaired) electrons. The van der Waals surface area contributed by atoms with Gasteiger partial charge in [-0.15, -0.1) is 0 Å². The minimum absolute atomic E-state index is 0.169. The zero-order valence-corrected chi connectivity index (χ0v) is 21.6. The van der Waals surface area contributed by atoms with Crippen LogP contribution in [0.1, 0.15) is 57.1 Å². The summed E-state index contributed by atoms with van der Waals surface area (Å²) >= 11 is 6.70. The Bertz CT molecular complexity index is 1170. The molecule has 1 saturated heterocycles. The molecular formula is C25H32N4O3S2. The Labute approximate surface area is 210 Å². The molecule has 34 heavy (non-hydrogen) atoms. The second kappa shape index (κ2) is 11.0. The molecule has 0 bridgehead atoms. The molecule has 2 aromatic rings. The highest BCUT2D eigenvalue weighted by Crippen LogP contribution is 2.34. The molecule has 3 heterocycles. The molecule has 2 fully saturated rings. The standard InChI is InChI=1S/C25H32N4O3S2/c1-4-32-14-6-13-29-24(31)20(34-25(29)33)15-19-21(26-18-10-8-16(2)9-11-18)27-22-17(3)7-5-12-28(22)23(19)30/h5,7,12,15-16,18,26H,4,6,8-11,13-14H2,1-3H3/b20-15+. The van der Waals surface area contributed by atoms with Gasteiger partial charge in [0.2, 0.25) is 0 Å². The van der Waals surface area contributed by atoms with Gasteiger partial charge in [-0.3, -0.25) is 18.9 Å². The fourth-order valence-electron chi connectivity index (χ4n) is 4.44. The number of carbonyl (C=O) groups is 1. The number of aromatic nitrogens is 2. The average molecular weight is 501 g/mol. The minimum Gasteiger partial charge on any atom is -0.382 e. The second-order valence-corrected chi connectivity index (χ2v) is 10.7. The number of nitrogens with zero attached hydrogens (tertiary/aromatic N) is 3. The van der Waals surface area contributed by atoms with Gasteiger partial charge in [0, 0.05) is 32.0 Å². The number of thiocarbonyl (C=S) groups is 1. The van der Waals surface area contributed by atoms with E-state index < -0.39 is 0 Å². The first kappa shape index (κ1) is 24.9. The lowest BCUT2D eigenvalue weighted by Gasteiger charge is -2.28. The molecule has 1 N–H and O–H groups in total. The van der Waals surface area contributed by atoms with Crippen molar-refractivity contribution in [2.75, 3.05) is 25.1 Å². The summed E-state index contributed by atoms with van der Waals surface area (Å²) in [7, 11) is 0. The van der Waals surface area contributed by atoms with Gasteiger partial charge in [0.05, 0.1) is 10.5 Å². The van der Waals surface area contributed by atoms with Crippen LogP contribution in [0.15, 0.2) is 28.0 Å². The second-order valence-electron chi connectivity index (χ2n) is 9.05. The van der Waals surface area contributed by atoms with E-state index in [1.54, 1.807) is 21.6 Å². The summed E-state index contributed by atoms with van der Waals surface area (Å²) in [5, 5.41) is 3.54. The van der Waals surface area contributed by atoms with Crippen LogP contribution in [0.3, 0.4) is 0 Å². The van der Waals surface area contributed by atoms with Crippen LogP contribution in [-0.4, -0.2) is 50.3 Å². The molecule has 1 aliphatic heterocycles. The summed E-state index contributed by atoms with van der Waals surface area (Å²) in [6, 6.07) is 4.04. The molecule has 2 aliphatic rings. The number of aryl methyl sites for hydroxylation is 1. The minimum atomic E-state index is -0.193. The Hall–Kier alpha value is -2.23. The maximum Gasteiger partial charge on any atom is 0.267 e. The SMILES string of the molecule is CCOCCCN1C(=O)/C(=C\c2c(NC3CCC(C)CC3)nc3c(C)cccn3c2=O)SC1=S. The maximum absolute atomic E-state index is 13.6. The van der Waals surface area contributed by atoms with Crippen LogP contribution in [0, 0.1) is 12.8 Å². The zero-order valence-electron chi connectivity index (χ0n) is 20.0. The van der Waals surface area contributed by atoms with Crippen molar-refractivity contribution < 1.29 is 9.53 Å². The molecule has 9 heteroatoms. The molecule has 4 rings (SSSR count). The third-order valence-electron chi connectivity index (χ3n) is 6.46. The Balaban J connectivity index is 1.68. The van der Waals surface area contributed by atoms with Crippen molar-refractivity contribution in [1.82, 2.24) is 14.3 Å². The third kappa shape index (κ3) is 5.37. The average Bonchev–Trinajstić information content (AvgIpc) is 3.08. The van der Waals surface area contributed by atoms with E-state index in [1.807, 2.05) is 26.0 Å². The van der Waals surface area contributed by atoms with Crippen LogP contribution in [0.2, 0.25) is 0 Å². The maximum atomic E-state index is 13.6. The highest BCUT2D eigenvalue weighted by atomic mass is 32.2. The number of ether oxygens (including phenoxy) is 1. The van der Waals surface area contributed by atoms with Crippen LogP contribution in [0.5, 0.6) is 0 Å². The Morgan fingerprint density at radius 1 is 1.29 bits per heavy atom. The van der Waals surface area contributed by atoms with E-state index in [1.165, 1.54) is 11.8 Å². The van der Waals surface area contributed by atoms with Gasteiger partial charge in [0.1, 0.15) is 15.8 Å². The largest absolute Gasteiger partial charge is 0.382 e. The lowest BCUT2D eigenvalue weighted by molar-refractivity contribution is -0.122. The van der Waals surface area contributed by atoms with Crippen LogP contribution in [0.25, 0.3) is 11.7 Å². The van der Waals surface area contributed by atoms with E-state index in [-0.39, 0.29) is 17.5 Å². The van der Waals surface area contributed by atoms with Crippen molar-refractivity contribution in [3.8, 4) is 0 Å². The molecule has 7 nitrogen and oxygen atoms in total. The van der Waals surface area contributed by atoms with Crippen molar-refractivity contribution in [1.29, 1.82) is 0 Å². The molecule has 1 saturated carbocycles. The number of hydrogen-bond donors (Lipinski definition) is 1. The quantitative estimate of drug-likeness (QED) is 0.322. The molecule has 1 aliphatic carbocycles. The number of carbonyl (C=O) groups excluding carboxylic acids is 1. The fourth-order valence-corrected chi connectivity index (χ4v) is 5.73. The Kier molecular flexibility index (Phi) is 8.06. The van der Waals surface area contributed by atoms with E-state index in [0.29, 0.717) is 52.4 Å². The first-order chi connectivity index (χ1) is 16.4. The Morgan fingerprint density at radius 2 is 2.06 bits per heavy atom. The predicted molar refractivity (Wildman–Crippen MR) is 142 cm³/mol. The lowest BCUT2D eigenvalue weighted by Crippen LogP contribution is -2.30. The zero-order chi connectivity index (χ0) is 24.2. The fraction of sp³-hybridized carbons (Fsp3) is 0.520. The number of rotatable bonds is 8. The summed E-state index contributed by atoms with van der Waals surface area (Å²) in [6.45, 7) is 7.90. The topological polar surface area (TPSA) is 75.9 Å². The first-order valence-corrected chi connectivity index (χ1v) is 13.2. The van der Waals surface area contributed by atoms with E-state index in [2.05, 4.69) is 12.2 Å². The van der Waals surface area contributed by atoms with Gasteiger partial charge >= 0.3 is 0 Å². The first-order valence-electron chi connectivity index (χ1n) is 12.0. The van der Waals surface area contributed by atoms with Gasteiger partial charge in [-0.2, -0.15) is 0 Å². The highest BCUT2D eigenvalue weighted by molar-refractivity contribution is 8.26. The van der Waals surface area contributed by atoms with E-state index in [0.717, 1.165) is 37.2 Å². The molecule has 0 spiro atoms. The number of fused-ring (bicyclic) bond motifs is 1. The van der Waals surface area contributed by atoms with Gasteiger partial charge in [0.25, 0.3) is 11.5 Å². The van der Waals surface area contributed by atoms with Gasteiger partial charge in [-0.05, 0) is 69.6 Å². The van der Waals surface area contributed by atoms with Gasteiger partial charge in [-0.25, -0.2) is 4.98 Å². The molecule has 182 valence electrons. The summed E-state index contributed by atoms with van der Waals surface area (Å²) in [6.07, 6.45) is 8.48. The summed E-state index contributed by atoms with van der Waals surface area (Å²) < 4.78 is 7.45. The number of anilines is 1. The van der Waals surface area contributed by atoms with Crippen molar-refractivity contribution in [3.05, 3.63) is 44.7 Å². The predicted octanol–water partition coefficient (Wildman–Crippen LogP) is 4.62. The number of pyridine rings is 1. The molecular weight excluding hydrogens is 468 g/mol. The van der Waals surface area contributed by atoms with E-state index in [4.69, 9.17) is 21.9 Å². The van der Waals surface area contributed by atoms with E-state index in [9.17, 15) is 9.59 Å². The van der Waals surface area contributed by atoms with Gasteiger partial charge in [0.15, 0.2) is 0 Å². The number of nitrogens with one attached hydrogen (secondary N) is 1. The van der Waals surface area contributed by atoms with Crippen molar-refractivity contribution in [2.24, 2.45) is 5.92 Å². The number of amides is 1. The lowest BCUT2D eigenvalue weighted by atomic mass is 9.87. The summed E-state index contributed by atoms with van der Waals surface area (Å²) in [5.41, 5.74) is 1.76. The smallest absolute Gasteiger partial charge is 0.267 e. The molecule has 0 atom stereocenters. The normalized spacial score (nSPS) is 22.2. The van der Waals surface area contributed by atoms with Crippen molar-refractivity contribution in [2.45, 2.75) is 58.9 Å². The van der Waals surface area contributed by atoms with Crippen LogP contribution in [-0.2, 0) is 9.53 Å². The molecule has 0 unspecified atom stereocenters. The van der Waals surface area contributed by atoms with Crippen LogP contribution < -0.4 is 10.9 Å². The number of hydrogen-bond acceptors (Lipinski definition) is 7. The summed E-state index contributed by atoms with van der Waals surface area (Å²) in [5.74, 6) is 1.09. The van der Waals surface area contributed by atoms with Crippen LogP contribution in [0.4, 0.5) is 5.82 Å². The molecule has 0 aromatic carbocycles. The van der Waals surface area contributed by atoms with E-state index >= 15 is 0 Å². The van der Waals surface area contributed by atoms with Crippen molar-refractivity contribution in [3.63, 3.8) is 0 Å². The highest BCUT2D eigenvalue weighted by Gasteiger charge is 2.32. The molecule has 1 amide bonds. The van der Waals surface area contributed by atoms with Crippen LogP contribution >= 0.6 is 24.0 Å². The Morgan fingerprint density at radius 3 is 2.79 bits per heavy atom. The monoisotopic (exact) mass is 500 g/mol. The van der Waals surface area contributed by atoms with Gasteiger partial charge < -0.3 is 10.1 Å². The van der Waals surface area contributed by atoms with Crippen molar-refractivity contribution >= 4 is 51.7 Å². The third-order valence-corrected chi connectivity index (χ3v) is 7.84. The summed E-state index contributed by atoms with van der Waals surface area (Å²) in [4.78, 5) is 33.6. The van der Waals surface area contributed by atoms with Gasteiger partial charge in [-0.1, -0.05) is 37.0 Å². The molecule has 2 aromatic heterocycles. The number of thioether (sulfide) groups is 1.